The Morgan fingerprint density at radius 1 is 1.14 bits per heavy atom. The Hall–Kier alpha value is -1.89. The zero-order valence-corrected chi connectivity index (χ0v) is 17.5. The van der Waals surface area contributed by atoms with E-state index in [1.54, 1.807) is 0 Å². The fraction of sp³-hybridized carbons (Fsp3) is 0.500. The normalized spacial score (nSPS) is 17.4. The summed E-state index contributed by atoms with van der Waals surface area (Å²) < 4.78 is 0. The molecule has 0 aliphatic carbocycles. The van der Waals surface area contributed by atoms with Gasteiger partial charge in [-0.25, -0.2) is 0 Å². The van der Waals surface area contributed by atoms with E-state index >= 15 is 0 Å². The number of aliphatic hydroxyl groups excluding tert-OH is 1. The van der Waals surface area contributed by atoms with Crippen molar-refractivity contribution in [3.05, 3.63) is 58.3 Å². The molecule has 0 saturated carbocycles. The molecule has 2 aromatic rings. The van der Waals surface area contributed by atoms with E-state index in [0.29, 0.717) is 12.6 Å². The molecule has 2 heterocycles. The van der Waals surface area contributed by atoms with Gasteiger partial charge in [0.05, 0.1) is 19.2 Å². The monoisotopic (exact) mass is 400 g/mol. The molecule has 2 unspecified atom stereocenters. The minimum Gasteiger partial charge on any atom is -0.396 e. The van der Waals surface area contributed by atoms with Crippen molar-refractivity contribution in [1.82, 2.24) is 15.5 Å². The summed E-state index contributed by atoms with van der Waals surface area (Å²) in [5.41, 5.74) is 1.12. The first-order valence-corrected chi connectivity index (χ1v) is 11.1. The van der Waals surface area contributed by atoms with Crippen LogP contribution in [0.5, 0.6) is 0 Å². The van der Waals surface area contributed by atoms with Crippen LogP contribution in [0.2, 0.25) is 0 Å². The Bertz CT molecular complexity index is 699. The van der Waals surface area contributed by atoms with Crippen LogP contribution in [0.1, 0.15) is 42.2 Å². The van der Waals surface area contributed by atoms with Crippen molar-refractivity contribution in [2.45, 2.75) is 31.7 Å². The number of likely N-dealkylation sites (tertiary alicyclic amines) is 1. The summed E-state index contributed by atoms with van der Waals surface area (Å²) in [5.74, 6) is 0.834. The SMILES string of the molecule is CCNC(=NCC(CO)c1ccccc1)NCC(c1cccs1)N1CCCC1. The Labute approximate surface area is 172 Å². The van der Waals surface area contributed by atoms with Crippen LogP contribution in [0.25, 0.3) is 0 Å². The topological polar surface area (TPSA) is 59.9 Å². The van der Waals surface area contributed by atoms with Crippen LogP contribution in [0.4, 0.5) is 0 Å². The molecule has 0 bridgehead atoms. The summed E-state index contributed by atoms with van der Waals surface area (Å²) in [6.45, 7) is 6.71. The molecule has 1 aromatic heterocycles. The highest BCUT2D eigenvalue weighted by molar-refractivity contribution is 7.10. The number of thiophene rings is 1. The largest absolute Gasteiger partial charge is 0.396 e. The minimum absolute atomic E-state index is 0.0170. The first kappa shape index (κ1) is 20.8. The van der Waals surface area contributed by atoms with Gasteiger partial charge in [0.25, 0.3) is 0 Å². The zero-order valence-electron chi connectivity index (χ0n) is 16.7. The second-order valence-electron chi connectivity index (χ2n) is 7.16. The number of hydrogen-bond acceptors (Lipinski definition) is 4. The third-order valence-corrected chi connectivity index (χ3v) is 6.19. The molecule has 1 saturated heterocycles. The van der Waals surface area contributed by atoms with Gasteiger partial charge in [-0.1, -0.05) is 36.4 Å². The van der Waals surface area contributed by atoms with E-state index in [1.807, 2.05) is 29.5 Å². The number of nitrogens with zero attached hydrogens (tertiary/aromatic N) is 2. The Morgan fingerprint density at radius 2 is 1.93 bits per heavy atom. The lowest BCUT2D eigenvalue weighted by Gasteiger charge is -2.27. The number of rotatable bonds is 9. The molecule has 3 N–H and O–H groups in total. The minimum atomic E-state index is 0.0170. The first-order chi connectivity index (χ1) is 13.8. The molecule has 1 aliphatic heterocycles. The molecule has 28 heavy (non-hydrogen) atoms. The molecule has 1 aliphatic rings. The van der Waals surface area contributed by atoms with Gasteiger partial charge in [-0.05, 0) is 49.9 Å². The van der Waals surface area contributed by atoms with Gasteiger partial charge in [-0.3, -0.25) is 9.89 Å². The van der Waals surface area contributed by atoms with Gasteiger partial charge in [0.1, 0.15) is 0 Å². The molecular formula is C22H32N4OS. The number of hydrogen-bond donors (Lipinski definition) is 3. The van der Waals surface area contributed by atoms with Crippen molar-refractivity contribution in [2.24, 2.45) is 4.99 Å². The van der Waals surface area contributed by atoms with Gasteiger partial charge >= 0.3 is 0 Å². The van der Waals surface area contributed by atoms with Crippen LogP contribution in [0.3, 0.4) is 0 Å². The molecule has 6 heteroatoms. The maximum absolute atomic E-state index is 9.79. The second-order valence-corrected chi connectivity index (χ2v) is 8.14. The number of benzene rings is 1. The van der Waals surface area contributed by atoms with E-state index in [-0.39, 0.29) is 12.5 Å². The maximum atomic E-state index is 9.79. The number of nitrogens with one attached hydrogen (secondary N) is 2. The van der Waals surface area contributed by atoms with E-state index in [0.717, 1.165) is 24.6 Å². The van der Waals surface area contributed by atoms with Crippen molar-refractivity contribution in [1.29, 1.82) is 0 Å². The Morgan fingerprint density at radius 3 is 2.57 bits per heavy atom. The zero-order chi connectivity index (χ0) is 19.6. The van der Waals surface area contributed by atoms with Crippen molar-refractivity contribution in [2.75, 3.05) is 39.3 Å². The van der Waals surface area contributed by atoms with Gasteiger partial charge in [-0.15, -0.1) is 11.3 Å². The lowest BCUT2D eigenvalue weighted by atomic mass is 10.0. The predicted octanol–water partition coefficient (Wildman–Crippen LogP) is 3.22. The summed E-state index contributed by atoms with van der Waals surface area (Å²) >= 11 is 1.83. The van der Waals surface area contributed by atoms with Gasteiger partial charge < -0.3 is 15.7 Å². The summed E-state index contributed by atoms with van der Waals surface area (Å²) in [5, 5.41) is 18.8. The fourth-order valence-electron chi connectivity index (χ4n) is 3.67. The van der Waals surface area contributed by atoms with Gasteiger partial charge in [0, 0.05) is 23.9 Å². The molecule has 1 fully saturated rings. The molecular weight excluding hydrogens is 368 g/mol. The van der Waals surface area contributed by atoms with E-state index in [4.69, 9.17) is 4.99 Å². The lowest BCUT2D eigenvalue weighted by Crippen LogP contribution is -2.42. The standard InChI is InChI=1S/C22H32N4OS/c1-2-23-22(24-15-19(17-27)18-9-4-3-5-10-18)25-16-20(21-11-8-14-28-21)26-12-6-7-13-26/h3-5,8-11,14,19-20,27H,2,6-7,12-13,15-17H2,1H3,(H2,23,24,25). The average Bonchev–Trinajstić information content (AvgIpc) is 3.44. The molecule has 5 nitrogen and oxygen atoms in total. The Balaban J connectivity index is 1.64. The summed E-state index contributed by atoms with van der Waals surface area (Å²) in [6, 6.07) is 14.9. The van der Waals surface area contributed by atoms with Crippen molar-refractivity contribution >= 4 is 17.3 Å². The van der Waals surface area contributed by atoms with Crippen molar-refractivity contribution in [3.63, 3.8) is 0 Å². The molecule has 1 aromatic carbocycles. The van der Waals surface area contributed by atoms with E-state index in [9.17, 15) is 5.11 Å². The van der Waals surface area contributed by atoms with Gasteiger partial charge in [-0.2, -0.15) is 0 Å². The first-order valence-electron chi connectivity index (χ1n) is 10.3. The van der Waals surface area contributed by atoms with Crippen LogP contribution in [-0.4, -0.2) is 55.3 Å². The smallest absolute Gasteiger partial charge is 0.191 e. The van der Waals surface area contributed by atoms with Crippen LogP contribution in [0, 0.1) is 0 Å². The average molecular weight is 401 g/mol. The third-order valence-electron chi connectivity index (χ3n) is 5.22. The fourth-order valence-corrected chi connectivity index (χ4v) is 4.54. The van der Waals surface area contributed by atoms with E-state index in [2.05, 4.69) is 52.1 Å². The molecule has 0 amide bonds. The maximum Gasteiger partial charge on any atom is 0.191 e. The highest BCUT2D eigenvalue weighted by Gasteiger charge is 2.24. The van der Waals surface area contributed by atoms with E-state index < -0.39 is 0 Å². The summed E-state index contributed by atoms with van der Waals surface area (Å²) in [6.07, 6.45) is 2.57. The van der Waals surface area contributed by atoms with E-state index in [1.165, 1.54) is 30.8 Å². The third kappa shape index (κ3) is 5.80. The highest BCUT2D eigenvalue weighted by atomic mass is 32.1. The van der Waals surface area contributed by atoms with Gasteiger partial charge in [0.15, 0.2) is 5.96 Å². The Kier molecular flexibility index (Phi) is 8.33. The number of aliphatic imine (C=N–C) groups is 1. The number of aliphatic hydroxyl groups is 1. The quantitative estimate of drug-likeness (QED) is 0.447. The van der Waals surface area contributed by atoms with Crippen molar-refractivity contribution in [3.8, 4) is 0 Å². The molecule has 152 valence electrons. The van der Waals surface area contributed by atoms with Crippen LogP contribution >= 0.6 is 11.3 Å². The van der Waals surface area contributed by atoms with Crippen LogP contribution in [0.15, 0.2) is 52.8 Å². The molecule has 3 rings (SSSR count). The number of guanidine groups is 1. The van der Waals surface area contributed by atoms with Crippen molar-refractivity contribution < 1.29 is 5.11 Å². The summed E-state index contributed by atoms with van der Waals surface area (Å²) in [7, 11) is 0. The lowest BCUT2D eigenvalue weighted by molar-refractivity contribution is 0.248. The molecule has 0 radical (unpaired) electrons. The summed E-state index contributed by atoms with van der Waals surface area (Å²) in [4.78, 5) is 8.74. The van der Waals surface area contributed by atoms with Gasteiger partial charge in [0.2, 0.25) is 0 Å². The molecule has 2 atom stereocenters. The second kappa shape index (κ2) is 11.2. The van der Waals surface area contributed by atoms with Crippen LogP contribution in [-0.2, 0) is 0 Å². The van der Waals surface area contributed by atoms with Crippen LogP contribution < -0.4 is 10.6 Å². The predicted molar refractivity (Wildman–Crippen MR) is 118 cm³/mol. The molecule has 0 spiro atoms. The highest BCUT2D eigenvalue weighted by Crippen LogP contribution is 2.27.